The van der Waals surface area contributed by atoms with E-state index in [0.29, 0.717) is 11.3 Å². The summed E-state index contributed by atoms with van der Waals surface area (Å²) in [4.78, 5) is 22.1. The minimum absolute atomic E-state index is 0.0312. The minimum Gasteiger partial charge on any atom is -0.469 e. The Labute approximate surface area is 104 Å². The zero-order valence-electron chi connectivity index (χ0n) is 10.2. The van der Waals surface area contributed by atoms with Gasteiger partial charge in [0.25, 0.3) is 0 Å². The van der Waals surface area contributed by atoms with Gasteiger partial charge in [-0.15, -0.1) is 0 Å². The van der Waals surface area contributed by atoms with E-state index >= 15 is 0 Å². The van der Waals surface area contributed by atoms with Gasteiger partial charge in [0.05, 0.1) is 13.5 Å². The van der Waals surface area contributed by atoms with Crippen molar-refractivity contribution in [2.24, 2.45) is 0 Å². The molecule has 1 aromatic carbocycles. The van der Waals surface area contributed by atoms with Gasteiger partial charge in [-0.3, -0.25) is 9.59 Å². The van der Waals surface area contributed by atoms with E-state index in [2.05, 4.69) is 10.1 Å². The summed E-state index contributed by atoms with van der Waals surface area (Å²) in [5, 5.41) is 2.59. The third kappa shape index (κ3) is 4.37. The predicted molar refractivity (Wildman–Crippen MR) is 64.8 cm³/mol. The summed E-state index contributed by atoms with van der Waals surface area (Å²) >= 11 is 0. The molecule has 0 bridgehead atoms. The summed E-state index contributed by atoms with van der Waals surface area (Å²) in [6, 6.07) is 5.61. The summed E-state index contributed by atoms with van der Waals surface area (Å²) in [6.07, 6.45) is 1.56. The lowest BCUT2D eigenvalue weighted by molar-refractivity contribution is -0.139. The number of halogens is 1. The molecule has 96 valence electrons. The number of amides is 1. The monoisotopic (exact) mass is 251 g/mol. The maximum Gasteiger partial charge on any atom is 0.309 e. The van der Waals surface area contributed by atoms with Crippen LogP contribution >= 0.6 is 0 Å². The molecule has 0 heterocycles. The average Bonchev–Trinajstić information content (AvgIpc) is 2.34. The van der Waals surface area contributed by atoms with Crippen LogP contribution < -0.4 is 5.32 Å². The predicted octanol–water partition coefficient (Wildman–Crippen LogP) is 1.87. The van der Waals surface area contributed by atoms with Crippen LogP contribution in [0.25, 0.3) is 5.70 Å². The van der Waals surface area contributed by atoms with Gasteiger partial charge in [-0.25, -0.2) is 4.39 Å². The molecular formula is C13H14FNO3. The fourth-order valence-electron chi connectivity index (χ4n) is 1.33. The molecule has 0 aliphatic heterocycles. The van der Waals surface area contributed by atoms with Crippen molar-refractivity contribution >= 4 is 17.6 Å². The molecule has 0 spiro atoms. The molecule has 0 radical (unpaired) electrons. The molecule has 1 rings (SSSR count). The number of hydrogen-bond donors (Lipinski definition) is 1. The van der Waals surface area contributed by atoms with Crippen LogP contribution in [0.4, 0.5) is 4.39 Å². The Balaban J connectivity index is 2.93. The van der Waals surface area contributed by atoms with Crippen LogP contribution in [-0.2, 0) is 14.3 Å². The van der Waals surface area contributed by atoms with Crippen LogP contribution in [0.5, 0.6) is 0 Å². The standard InChI is InChI=1S/C13H14FNO3/c1-9(16)15-12(7-8-13(17)18-2)10-3-5-11(14)6-4-10/h3-7H,8H2,1-2H3,(H,15,16). The van der Waals surface area contributed by atoms with E-state index in [4.69, 9.17) is 0 Å². The van der Waals surface area contributed by atoms with Gasteiger partial charge in [0.2, 0.25) is 5.91 Å². The van der Waals surface area contributed by atoms with Crippen molar-refractivity contribution in [1.29, 1.82) is 0 Å². The van der Waals surface area contributed by atoms with Gasteiger partial charge >= 0.3 is 5.97 Å². The smallest absolute Gasteiger partial charge is 0.309 e. The highest BCUT2D eigenvalue weighted by molar-refractivity contribution is 5.86. The molecular weight excluding hydrogens is 237 g/mol. The summed E-state index contributed by atoms with van der Waals surface area (Å²) in [5.74, 6) is -1.05. The molecule has 1 aromatic rings. The first-order chi connectivity index (χ1) is 8.52. The number of benzene rings is 1. The van der Waals surface area contributed by atoms with Crippen LogP contribution in [0.1, 0.15) is 18.9 Å². The quantitative estimate of drug-likeness (QED) is 0.831. The molecule has 0 aliphatic rings. The Bertz CT molecular complexity index is 466. The molecule has 1 amide bonds. The topological polar surface area (TPSA) is 55.4 Å². The van der Waals surface area contributed by atoms with E-state index in [1.54, 1.807) is 0 Å². The number of rotatable bonds is 4. The summed E-state index contributed by atoms with van der Waals surface area (Å²) in [5.41, 5.74) is 1.07. The van der Waals surface area contributed by atoms with Gasteiger partial charge in [0.15, 0.2) is 0 Å². The number of hydrogen-bond acceptors (Lipinski definition) is 3. The van der Waals surface area contributed by atoms with E-state index in [9.17, 15) is 14.0 Å². The fourth-order valence-corrected chi connectivity index (χ4v) is 1.33. The zero-order chi connectivity index (χ0) is 13.5. The van der Waals surface area contributed by atoms with E-state index in [-0.39, 0.29) is 18.1 Å². The van der Waals surface area contributed by atoms with Crippen LogP contribution in [0.3, 0.4) is 0 Å². The first-order valence-corrected chi connectivity index (χ1v) is 5.33. The van der Waals surface area contributed by atoms with Crippen LogP contribution in [0.15, 0.2) is 30.3 Å². The second-order valence-corrected chi connectivity index (χ2v) is 3.59. The third-order valence-corrected chi connectivity index (χ3v) is 2.17. The van der Waals surface area contributed by atoms with E-state index < -0.39 is 5.97 Å². The molecule has 0 aromatic heterocycles. The van der Waals surface area contributed by atoms with Crippen LogP contribution in [0, 0.1) is 5.82 Å². The molecule has 0 saturated heterocycles. The number of carbonyl (C=O) groups excluding carboxylic acids is 2. The van der Waals surface area contributed by atoms with Gasteiger partial charge in [-0.2, -0.15) is 0 Å². The highest BCUT2D eigenvalue weighted by Crippen LogP contribution is 2.13. The van der Waals surface area contributed by atoms with E-state index in [1.807, 2.05) is 0 Å². The first kappa shape index (κ1) is 13.9. The molecule has 1 N–H and O–H groups in total. The largest absolute Gasteiger partial charge is 0.469 e. The summed E-state index contributed by atoms with van der Waals surface area (Å²) in [7, 11) is 1.28. The molecule has 0 atom stereocenters. The lowest BCUT2D eigenvalue weighted by Gasteiger charge is -2.08. The highest BCUT2D eigenvalue weighted by atomic mass is 19.1. The Kier molecular flexibility index (Phi) is 5.05. The SMILES string of the molecule is COC(=O)CC=C(NC(C)=O)c1ccc(F)cc1. The zero-order valence-corrected chi connectivity index (χ0v) is 10.2. The van der Waals surface area contributed by atoms with E-state index in [0.717, 1.165) is 0 Å². The molecule has 5 heteroatoms. The van der Waals surface area contributed by atoms with Crippen molar-refractivity contribution in [2.75, 3.05) is 7.11 Å². The van der Waals surface area contributed by atoms with Crippen molar-refractivity contribution in [3.05, 3.63) is 41.7 Å². The number of esters is 1. The maximum absolute atomic E-state index is 12.8. The molecule has 0 saturated carbocycles. The average molecular weight is 251 g/mol. The van der Waals surface area contributed by atoms with Gasteiger partial charge < -0.3 is 10.1 Å². The van der Waals surface area contributed by atoms with Gasteiger partial charge in [-0.05, 0) is 23.8 Å². The van der Waals surface area contributed by atoms with Gasteiger partial charge in [0, 0.05) is 12.6 Å². The Morgan fingerprint density at radius 3 is 2.44 bits per heavy atom. The number of carbonyl (C=O) groups is 2. The normalized spacial score (nSPS) is 10.9. The lowest BCUT2D eigenvalue weighted by atomic mass is 10.1. The van der Waals surface area contributed by atoms with Gasteiger partial charge in [0.1, 0.15) is 5.82 Å². The molecule has 0 aliphatic carbocycles. The van der Waals surface area contributed by atoms with Crippen molar-refractivity contribution in [1.82, 2.24) is 5.32 Å². The highest BCUT2D eigenvalue weighted by Gasteiger charge is 2.05. The molecule has 18 heavy (non-hydrogen) atoms. The third-order valence-electron chi connectivity index (χ3n) is 2.17. The van der Waals surface area contributed by atoms with Crippen LogP contribution in [-0.4, -0.2) is 19.0 Å². The Morgan fingerprint density at radius 1 is 1.33 bits per heavy atom. The van der Waals surface area contributed by atoms with Crippen molar-refractivity contribution in [3.63, 3.8) is 0 Å². The van der Waals surface area contributed by atoms with Crippen molar-refractivity contribution in [2.45, 2.75) is 13.3 Å². The molecule has 4 nitrogen and oxygen atoms in total. The minimum atomic E-state index is -0.417. The lowest BCUT2D eigenvalue weighted by Crippen LogP contribution is -2.18. The second-order valence-electron chi connectivity index (χ2n) is 3.59. The first-order valence-electron chi connectivity index (χ1n) is 5.33. The summed E-state index contributed by atoms with van der Waals surface area (Å²) < 4.78 is 17.3. The van der Waals surface area contributed by atoms with Gasteiger partial charge in [-0.1, -0.05) is 12.1 Å². The molecule has 0 unspecified atom stereocenters. The second kappa shape index (κ2) is 6.54. The van der Waals surface area contributed by atoms with Crippen LogP contribution in [0.2, 0.25) is 0 Å². The Morgan fingerprint density at radius 2 is 1.94 bits per heavy atom. The number of methoxy groups -OCH3 is 1. The van der Waals surface area contributed by atoms with Crippen molar-refractivity contribution in [3.8, 4) is 0 Å². The van der Waals surface area contributed by atoms with Crippen molar-refractivity contribution < 1.29 is 18.7 Å². The number of ether oxygens (including phenoxy) is 1. The molecule has 0 fully saturated rings. The number of nitrogens with one attached hydrogen (secondary N) is 1. The van der Waals surface area contributed by atoms with E-state index in [1.165, 1.54) is 44.4 Å². The summed E-state index contributed by atoms with van der Waals surface area (Å²) in [6.45, 7) is 1.36. The Hall–Kier alpha value is -2.17. The fraction of sp³-hybridized carbons (Fsp3) is 0.231. The maximum atomic E-state index is 12.8.